The van der Waals surface area contributed by atoms with Gasteiger partial charge < -0.3 is 20.8 Å². The van der Waals surface area contributed by atoms with Crippen molar-refractivity contribution in [1.82, 2.24) is 34.7 Å². The molecular weight excluding hydrogens is 544 g/mol. The molecule has 1 aliphatic rings. The standard InChI is InChI=1S/C26H24ClF2N9O2/c1-13(24-34-16-5-3-4-15(27)18(16)26(39)38(24)36-10-8-31-9-11-36)37-25-19(23(30)32-12-33-25)22(35-37)14-6-7-17(40-2)21(29)20(14)28/h3-7,12-13,31H,8-11H2,1-2H3,(H2,30,32,33). The van der Waals surface area contributed by atoms with E-state index in [0.29, 0.717) is 47.9 Å². The molecular formula is C26H24ClF2N9O2. The third-order valence-corrected chi connectivity index (χ3v) is 7.32. The fourth-order valence-corrected chi connectivity index (χ4v) is 5.28. The van der Waals surface area contributed by atoms with Crippen molar-refractivity contribution in [3.05, 3.63) is 69.5 Å². The largest absolute Gasteiger partial charge is 0.494 e. The highest BCUT2D eigenvalue weighted by atomic mass is 35.5. The summed E-state index contributed by atoms with van der Waals surface area (Å²) < 4.78 is 37.8. The summed E-state index contributed by atoms with van der Waals surface area (Å²) in [6.45, 7) is 4.22. The van der Waals surface area contributed by atoms with Crippen LogP contribution in [-0.4, -0.2) is 62.7 Å². The summed E-state index contributed by atoms with van der Waals surface area (Å²) in [7, 11) is 1.25. The number of aromatic nitrogens is 6. The predicted molar refractivity (Wildman–Crippen MR) is 147 cm³/mol. The van der Waals surface area contributed by atoms with Crippen LogP contribution in [0.1, 0.15) is 18.8 Å². The number of rotatable bonds is 5. The highest BCUT2D eigenvalue weighted by molar-refractivity contribution is 6.35. The molecule has 0 radical (unpaired) electrons. The molecule has 3 N–H and O–H groups in total. The SMILES string of the molecule is COc1ccc(-c2nn(C(C)c3nc4cccc(Cl)c4c(=O)n3N3CCNCC3)c3ncnc(N)c23)c(F)c1F. The van der Waals surface area contributed by atoms with Crippen molar-refractivity contribution in [2.24, 2.45) is 0 Å². The van der Waals surface area contributed by atoms with E-state index < -0.39 is 17.7 Å². The van der Waals surface area contributed by atoms with Crippen LogP contribution in [0, 0.1) is 11.6 Å². The number of nitrogens with two attached hydrogens (primary N) is 1. The van der Waals surface area contributed by atoms with Crippen LogP contribution >= 0.6 is 11.6 Å². The zero-order valence-corrected chi connectivity index (χ0v) is 22.3. The average molecular weight is 568 g/mol. The Hall–Kier alpha value is -4.36. The van der Waals surface area contributed by atoms with Gasteiger partial charge in [0.1, 0.15) is 23.9 Å². The number of anilines is 1. The summed E-state index contributed by atoms with van der Waals surface area (Å²) in [4.78, 5) is 27.2. The number of hydrogen-bond acceptors (Lipinski definition) is 9. The van der Waals surface area contributed by atoms with Gasteiger partial charge in [-0.1, -0.05) is 17.7 Å². The summed E-state index contributed by atoms with van der Waals surface area (Å²) >= 11 is 6.43. The van der Waals surface area contributed by atoms with Gasteiger partial charge in [-0.3, -0.25) is 4.79 Å². The van der Waals surface area contributed by atoms with E-state index in [0.717, 1.165) is 0 Å². The molecule has 206 valence electrons. The van der Waals surface area contributed by atoms with E-state index in [1.807, 2.05) is 5.01 Å². The Labute approximate surface area is 231 Å². The van der Waals surface area contributed by atoms with Gasteiger partial charge in [0.15, 0.2) is 23.0 Å². The highest BCUT2D eigenvalue weighted by Gasteiger charge is 2.29. The zero-order valence-electron chi connectivity index (χ0n) is 21.5. The van der Waals surface area contributed by atoms with Gasteiger partial charge in [0.05, 0.1) is 28.4 Å². The first-order valence-electron chi connectivity index (χ1n) is 12.5. The van der Waals surface area contributed by atoms with Crippen molar-refractivity contribution in [1.29, 1.82) is 0 Å². The molecule has 1 fully saturated rings. The number of nitrogen functional groups attached to an aromatic ring is 1. The van der Waals surface area contributed by atoms with Crippen LogP contribution in [0.2, 0.25) is 5.02 Å². The van der Waals surface area contributed by atoms with Crippen molar-refractivity contribution in [2.75, 3.05) is 44.0 Å². The molecule has 5 aromatic rings. The Morgan fingerprint density at radius 1 is 1.10 bits per heavy atom. The van der Waals surface area contributed by atoms with Crippen LogP contribution in [0.15, 0.2) is 41.5 Å². The third-order valence-electron chi connectivity index (χ3n) is 7.01. The average Bonchev–Trinajstić information content (AvgIpc) is 3.35. The fourth-order valence-electron chi connectivity index (χ4n) is 5.03. The van der Waals surface area contributed by atoms with Gasteiger partial charge in [-0.05, 0) is 31.2 Å². The van der Waals surface area contributed by atoms with Gasteiger partial charge in [-0.15, -0.1) is 0 Å². The smallest absolute Gasteiger partial charge is 0.281 e. The Balaban J connectivity index is 1.61. The van der Waals surface area contributed by atoms with E-state index >= 15 is 4.39 Å². The maximum Gasteiger partial charge on any atom is 0.281 e. The van der Waals surface area contributed by atoms with Gasteiger partial charge in [-0.2, -0.15) is 9.49 Å². The van der Waals surface area contributed by atoms with Crippen molar-refractivity contribution >= 4 is 39.4 Å². The van der Waals surface area contributed by atoms with Gasteiger partial charge in [0.2, 0.25) is 5.82 Å². The minimum atomic E-state index is -1.16. The summed E-state index contributed by atoms with van der Waals surface area (Å²) in [5, 5.41) is 10.6. The van der Waals surface area contributed by atoms with Gasteiger partial charge >= 0.3 is 0 Å². The molecule has 1 saturated heterocycles. The minimum absolute atomic E-state index is 0.0341. The Bertz CT molecular complexity index is 1840. The lowest BCUT2D eigenvalue weighted by atomic mass is 10.1. The monoisotopic (exact) mass is 567 g/mol. The summed E-state index contributed by atoms with van der Waals surface area (Å²) in [6.07, 6.45) is 1.26. The first-order chi connectivity index (χ1) is 19.3. The lowest BCUT2D eigenvalue weighted by Gasteiger charge is -2.33. The molecule has 0 bridgehead atoms. The number of fused-ring (bicyclic) bond motifs is 2. The van der Waals surface area contributed by atoms with Crippen molar-refractivity contribution in [2.45, 2.75) is 13.0 Å². The first-order valence-corrected chi connectivity index (χ1v) is 12.9. The van der Waals surface area contributed by atoms with Crippen molar-refractivity contribution in [3.8, 4) is 17.0 Å². The van der Waals surface area contributed by atoms with E-state index in [4.69, 9.17) is 27.1 Å². The van der Waals surface area contributed by atoms with E-state index in [-0.39, 0.29) is 39.4 Å². The fraction of sp³-hybridized carbons (Fsp3) is 0.269. The molecule has 0 amide bonds. The molecule has 11 nitrogen and oxygen atoms in total. The number of halogens is 3. The highest BCUT2D eigenvalue weighted by Crippen LogP contribution is 2.36. The predicted octanol–water partition coefficient (Wildman–Crippen LogP) is 2.88. The summed E-state index contributed by atoms with van der Waals surface area (Å²) in [5.74, 6) is -2.17. The van der Waals surface area contributed by atoms with E-state index in [9.17, 15) is 9.18 Å². The van der Waals surface area contributed by atoms with Crippen LogP contribution in [0.25, 0.3) is 33.2 Å². The summed E-state index contributed by atoms with van der Waals surface area (Å²) in [5.41, 5.74) is 6.46. The van der Waals surface area contributed by atoms with Crippen LogP contribution < -0.4 is 26.4 Å². The molecule has 4 heterocycles. The van der Waals surface area contributed by atoms with E-state index in [1.54, 1.807) is 25.1 Å². The minimum Gasteiger partial charge on any atom is -0.494 e. The number of ether oxygens (including phenoxy) is 1. The molecule has 40 heavy (non-hydrogen) atoms. The lowest BCUT2D eigenvalue weighted by Crippen LogP contribution is -2.54. The Morgan fingerprint density at radius 2 is 1.88 bits per heavy atom. The maximum atomic E-state index is 15.2. The molecule has 0 spiro atoms. The first kappa shape index (κ1) is 25.9. The number of piperazine rings is 1. The number of nitrogens with zero attached hydrogens (tertiary/aromatic N) is 7. The number of benzene rings is 2. The molecule has 1 atom stereocenters. The van der Waals surface area contributed by atoms with Crippen LogP contribution in [0.4, 0.5) is 14.6 Å². The molecule has 1 aliphatic heterocycles. The van der Waals surface area contributed by atoms with Gasteiger partial charge in [0, 0.05) is 31.7 Å². The number of methoxy groups -OCH3 is 1. The van der Waals surface area contributed by atoms with Crippen molar-refractivity contribution in [3.63, 3.8) is 0 Å². The quantitative estimate of drug-likeness (QED) is 0.329. The van der Waals surface area contributed by atoms with E-state index in [2.05, 4.69) is 20.4 Å². The van der Waals surface area contributed by atoms with Gasteiger partial charge in [-0.25, -0.2) is 28.7 Å². The topological polar surface area (TPSA) is 129 Å². The van der Waals surface area contributed by atoms with E-state index in [1.165, 1.54) is 34.9 Å². The second-order valence-corrected chi connectivity index (χ2v) is 9.70. The van der Waals surface area contributed by atoms with Crippen LogP contribution in [-0.2, 0) is 0 Å². The molecule has 0 aliphatic carbocycles. The van der Waals surface area contributed by atoms with Crippen LogP contribution in [0.5, 0.6) is 5.75 Å². The number of nitrogens with one attached hydrogen (secondary N) is 1. The molecule has 1 unspecified atom stereocenters. The maximum absolute atomic E-state index is 15.2. The molecule has 14 heteroatoms. The molecule has 6 rings (SSSR count). The number of hydrogen-bond donors (Lipinski definition) is 2. The third kappa shape index (κ3) is 4.00. The Kier molecular flexibility index (Phi) is 6.47. The molecule has 0 saturated carbocycles. The lowest BCUT2D eigenvalue weighted by molar-refractivity contribution is 0.372. The zero-order chi connectivity index (χ0) is 28.1. The normalized spacial score (nSPS) is 14.7. The molecule has 3 aromatic heterocycles. The Morgan fingerprint density at radius 3 is 2.62 bits per heavy atom. The van der Waals surface area contributed by atoms with Gasteiger partial charge in [0.25, 0.3) is 5.56 Å². The van der Waals surface area contributed by atoms with Crippen molar-refractivity contribution < 1.29 is 13.5 Å². The second-order valence-electron chi connectivity index (χ2n) is 9.29. The molecule has 2 aromatic carbocycles. The summed E-state index contributed by atoms with van der Waals surface area (Å²) in [6, 6.07) is 7.03. The second kappa shape index (κ2) is 9.99. The van der Waals surface area contributed by atoms with Crippen LogP contribution in [0.3, 0.4) is 0 Å².